The molecule has 0 fully saturated rings. The maximum Gasteiger partial charge on any atom is 2.00 e. The van der Waals surface area contributed by atoms with Crippen LogP contribution >= 0.6 is 0 Å². The number of nitrogens with zero attached hydrogens (tertiary/aromatic N) is 3. The minimum absolute atomic E-state index is 0. The first-order chi connectivity index (χ1) is 13.3. The van der Waals surface area contributed by atoms with Gasteiger partial charge in [-0.25, -0.2) is 4.39 Å². The topological polar surface area (TPSA) is 79.3 Å². The summed E-state index contributed by atoms with van der Waals surface area (Å²) in [5.74, 6) is -0.517. The third-order valence-electron chi connectivity index (χ3n) is 4.04. The summed E-state index contributed by atoms with van der Waals surface area (Å²) in [6, 6.07) is 4.71. The van der Waals surface area contributed by atoms with E-state index in [0.29, 0.717) is 22.6 Å². The van der Waals surface area contributed by atoms with Gasteiger partial charge >= 0.3 is 31.1 Å². The van der Waals surface area contributed by atoms with Crippen molar-refractivity contribution in [3.63, 3.8) is 0 Å². The van der Waals surface area contributed by atoms with Gasteiger partial charge in [0.05, 0.1) is 11.4 Å². The van der Waals surface area contributed by atoms with Gasteiger partial charge < -0.3 is 20.5 Å². The third-order valence-corrected chi connectivity index (χ3v) is 4.04. The van der Waals surface area contributed by atoms with Gasteiger partial charge in [0.2, 0.25) is 0 Å². The minimum atomic E-state index is -0.437. The number of anilines is 2. The van der Waals surface area contributed by atoms with E-state index in [9.17, 15) is 14.0 Å². The van der Waals surface area contributed by atoms with E-state index in [1.807, 2.05) is 20.9 Å². The maximum atomic E-state index is 13.9. The Balaban J connectivity index is 0.000000862. The molecule has 0 atom stereocenters. The standard InChI is InChI=1S/C15H14FN3O2.C4H10N.C2H6.U/c1-7-4-5-10(9(16)6-7)17-12-8(2)15(21)19(3)13-11(12)14(20)18-13;1-3-4-5-2;1-2;/h4-6H,1-3H3,(H2,17,18,20,21);3-4H2,1-2H3;1-2H3;/q;-1;;+2/p-1. The zero-order valence-corrected chi connectivity index (χ0v) is 22.3. The number of hydrogen-bond donors (Lipinski definition) is 1. The van der Waals surface area contributed by atoms with E-state index in [1.54, 1.807) is 33.0 Å². The normalized spacial score (nSPS) is 10.7. The number of pyridine rings is 1. The first-order valence-electron chi connectivity index (χ1n) is 9.40. The number of nitrogens with one attached hydrogen (secondary N) is 1. The Morgan fingerprint density at radius 1 is 1.21 bits per heavy atom. The number of aromatic nitrogens is 1. The van der Waals surface area contributed by atoms with Crippen LogP contribution in [0.3, 0.4) is 0 Å². The Morgan fingerprint density at radius 3 is 2.28 bits per heavy atom. The van der Waals surface area contributed by atoms with Crippen molar-refractivity contribution in [1.82, 2.24) is 4.57 Å². The van der Waals surface area contributed by atoms with Gasteiger partial charge in [0.1, 0.15) is 5.82 Å². The third kappa shape index (κ3) is 6.43. The van der Waals surface area contributed by atoms with Gasteiger partial charge in [0.25, 0.3) is 0 Å². The second-order valence-corrected chi connectivity index (χ2v) is 6.13. The van der Waals surface area contributed by atoms with Crippen molar-refractivity contribution in [2.24, 2.45) is 7.05 Å². The van der Waals surface area contributed by atoms with Crippen LogP contribution in [0.15, 0.2) is 23.0 Å². The molecule has 1 N–H and O–H groups in total. The summed E-state index contributed by atoms with van der Waals surface area (Å²) < 4.78 is 15.3. The minimum Gasteiger partial charge on any atom is -0.665 e. The summed E-state index contributed by atoms with van der Waals surface area (Å²) in [6.45, 7) is 10.5. The van der Waals surface area contributed by atoms with Crippen LogP contribution in [-0.4, -0.2) is 24.1 Å². The Labute approximate surface area is 196 Å². The Hall–Kier alpha value is -1.62. The molecule has 0 spiro atoms. The fourth-order valence-corrected chi connectivity index (χ4v) is 2.59. The Kier molecular flexibility index (Phi) is 12.1. The molecule has 0 saturated carbocycles. The van der Waals surface area contributed by atoms with Gasteiger partial charge in [-0.15, -0.1) is 6.54 Å². The van der Waals surface area contributed by atoms with Crippen LogP contribution in [0.4, 0.5) is 21.6 Å². The van der Waals surface area contributed by atoms with Crippen molar-refractivity contribution in [3.8, 4) is 0 Å². The van der Waals surface area contributed by atoms with Gasteiger partial charge in [-0.1, -0.05) is 40.3 Å². The number of aryl methyl sites for hydroxylation is 1. The average Bonchev–Trinajstić information content (AvgIpc) is 2.67. The van der Waals surface area contributed by atoms with E-state index in [0.717, 1.165) is 12.1 Å². The molecule has 3 rings (SSSR count). The van der Waals surface area contributed by atoms with Gasteiger partial charge in [-0.3, -0.25) is 9.59 Å². The number of hydrogen-bond acceptors (Lipinski definition) is 3. The SMILES string of the molecule is CC.CCC[N-]C.Cc1ccc(Nc2c3c(n(C)c(=O)c2C)[N-]C3=O)c(F)c1.[U+2]. The molecular formula is C21H29FN4O2U. The number of fused-ring (bicyclic) bond motifs is 1. The van der Waals surface area contributed by atoms with Gasteiger partial charge in [0, 0.05) is 11.1 Å². The van der Waals surface area contributed by atoms with Crippen molar-refractivity contribution >= 4 is 23.1 Å². The summed E-state index contributed by atoms with van der Waals surface area (Å²) in [5, 5.41) is 10.4. The monoisotopic (exact) mass is 626 g/mol. The number of carbonyl (C=O) groups is 1. The largest absolute Gasteiger partial charge is 2.00 e. The van der Waals surface area contributed by atoms with Gasteiger partial charge in [0.15, 0.2) is 11.5 Å². The molecule has 1 amide bonds. The number of halogens is 1. The molecule has 0 unspecified atom stereocenters. The molecule has 1 aromatic carbocycles. The van der Waals surface area contributed by atoms with Crippen molar-refractivity contribution in [2.45, 2.75) is 41.0 Å². The number of amides is 1. The molecule has 2 heterocycles. The first-order valence-corrected chi connectivity index (χ1v) is 9.40. The van der Waals surface area contributed by atoms with E-state index < -0.39 is 11.7 Å². The molecule has 2 aromatic rings. The summed E-state index contributed by atoms with van der Waals surface area (Å²) in [5.41, 5.74) is 1.77. The van der Waals surface area contributed by atoms with Crippen LogP contribution in [0.1, 0.15) is 48.7 Å². The predicted octanol–water partition coefficient (Wildman–Crippen LogP) is 5.47. The van der Waals surface area contributed by atoms with Crippen molar-refractivity contribution < 1.29 is 40.3 Å². The predicted molar refractivity (Wildman–Crippen MR) is 114 cm³/mol. The molecular weight excluding hydrogens is 597 g/mol. The molecule has 0 bridgehead atoms. The van der Waals surface area contributed by atoms with Crippen molar-refractivity contribution in [3.05, 3.63) is 61.7 Å². The fourth-order valence-electron chi connectivity index (χ4n) is 2.59. The number of carbonyl (C=O) groups excluding carboxylic acids is 1. The van der Waals surface area contributed by atoms with E-state index >= 15 is 0 Å². The van der Waals surface area contributed by atoms with E-state index in [4.69, 9.17) is 0 Å². The summed E-state index contributed by atoms with van der Waals surface area (Å²) in [6.07, 6.45) is 1.18. The van der Waals surface area contributed by atoms with E-state index in [2.05, 4.69) is 22.9 Å². The van der Waals surface area contributed by atoms with E-state index in [1.165, 1.54) is 17.1 Å². The molecule has 0 radical (unpaired) electrons. The Morgan fingerprint density at radius 2 is 1.83 bits per heavy atom. The van der Waals surface area contributed by atoms with Crippen LogP contribution in [-0.2, 0) is 7.05 Å². The molecule has 0 aliphatic carbocycles. The molecule has 156 valence electrons. The smallest absolute Gasteiger partial charge is 0.665 e. The zero-order chi connectivity index (χ0) is 21.4. The number of benzene rings is 1. The van der Waals surface area contributed by atoms with Crippen molar-refractivity contribution in [2.75, 3.05) is 18.9 Å². The van der Waals surface area contributed by atoms with Gasteiger partial charge in [-0.05, 0) is 37.4 Å². The second kappa shape index (κ2) is 12.8. The molecule has 8 heteroatoms. The Bertz CT molecular complexity index is 895. The van der Waals surface area contributed by atoms with Crippen LogP contribution in [0, 0.1) is 50.8 Å². The molecule has 1 aliphatic heterocycles. The second-order valence-electron chi connectivity index (χ2n) is 6.13. The number of rotatable bonds is 4. The summed E-state index contributed by atoms with van der Waals surface area (Å²) in [7, 11) is 3.39. The van der Waals surface area contributed by atoms with Crippen molar-refractivity contribution in [1.29, 1.82) is 0 Å². The van der Waals surface area contributed by atoms with Gasteiger partial charge in [-0.2, -0.15) is 7.05 Å². The molecule has 6 nitrogen and oxygen atoms in total. The molecule has 0 saturated heterocycles. The van der Waals surface area contributed by atoms with E-state index in [-0.39, 0.29) is 42.4 Å². The summed E-state index contributed by atoms with van der Waals surface area (Å²) in [4.78, 5) is 23.8. The van der Waals surface area contributed by atoms with Crippen LogP contribution < -0.4 is 10.9 Å². The molecule has 1 aliphatic rings. The fraction of sp³-hybridized carbons (Fsp3) is 0.429. The quantitative estimate of drug-likeness (QED) is 0.489. The first kappa shape index (κ1) is 27.4. The molecule has 1 aromatic heterocycles. The maximum absolute atomic E-state index is 13.9. The summed E-state index contributed by atoms with van der Waals surface area (Å²) >= 11 is 0. The van der Waals surface area contributed by atoms with Crippen LogP contribution in [0.2, 0.25) is 0 Å². The van der Waals surface area contributed by atoms with Crippen LogP contribution in [0.5, 0.6) is 0 Å². The van der Waals surface area contributed by atoms with Crippen LogP contribution in [0.25, 0.3) is 10.6 Å². The average molecular weight is 627 g/mol. The zero-order valence-electron chi connectivity index (χ0n) is 18.2. The molecule has 29 heavy (non-hydrogen) atoms.